The average molecular weight is 263 g/mol. The van der Waals surface area contributed by atoms with Crippen LogP contribution in [0, 0.1) is 6.92 Å². The number of benzene rings is 1. The molecule has 0 aliphatic heterocycles. The normalized spacial score (nSPS) is 10.3. The third kappa shape index (κ3) is 2.68. The molecule has 0 aliphatic carbocycles. The minimum Gasteiger partial charge on any atom is -0.497 e. The molecule has 18 heavy (non-hydrogen) atoms. The van der Waals surface area contributed by atoms with Crippen molar-refractivity contribution in [3.63, 3.8) is 0 Å². The van der Waals surface area contributed by atoms with Gasteiger partial charge in [0, 0.05) is 6.42 Å². The maximum atomic E-state index is 11.1. The van der Waals surface area contributed by atoms with Crippen molar-refractivity contribution in [1.29, 1.82) is 0 Å². The molecule has 1 aromatic carbocycles. The lowest BCUT2D eigenvalue weighted by molar-refractivity contribution is 0.0701. The minimum atomic E-state index is -0.913. The number of thiazole rings is 1. The van der Waals surface area contributed by atoms with E-state index in [1.54, 1.807) is 7.11 Å². The summed E-state index contributed by atoms with van der Waals surface area (Å²) in [4.78, 5) is 15.7. The molecule has 1 heterocycles. The lowest BCUT2D eigenvalue weighted by Crippen LogP contribution is -2.00. The van der Waals surface area contributed by atoms with Crippen LogP contribution >= 0.6 is 11.3 Å². The highest BCUT2D eigenvalue weighted by Crippen LogP contribution is 2.21. The lowest BCUT2D eigenvalue weighted by atomic mass is 10.1. The number of carboxylic acid groups (broad SMARTS) is 1. The number of methoxy groups -OCH3 is 1. The van der Waals surface area contributed by atoms with Gasteiger partial charge in [0.2, 0.25) is 0 Å². The van der Waals surface area contributed by atoms with Crippen LogP contribution in [0.4, 0.5) is 0 Å². The van der Waals surface area contributed by atoms with E-state index in [1.807, 2.05) is 31.2 Å². The molecule has 0 bridgehead atoms. The maximum Gasteiger partial charge on any atom is 0.347 e. The predicted molar refractivity (Wildman–Crippen MR) is 69.6 cm³/mol. The molecule has 1 aromatic heterocycles. The van der Waals surface area contributed by atoms with Crippen molar-refractivity contribution in [2.24, 2.45) is 0 Å². The zero-order chi connectivity index (χ0) is 13.1. The van der Waals surface area contributed by atoms with Crippen molar-refractivity contribution in [3.05, 3.63) is 45.4 Å². The van der Waals surface area contributed by atoms with Crippen LogP contribution in [-0.2, 0) is 6.42 Å². The van der Waals surface area contributed by atoms with Crippen LogP contribution in [0.25, 0.3) is 0 Å². The van der Waals surface area contributed by atoms with Crippen molar-refractivity contribution < 1.29 is 14.6 Å². The maximum absolute atomic E-state index is 11.1. The second-order valence-electron chi connectivity index (χ2n) is 3.84. The first-order valence-electron chi connectivity index (χ1n) is 5.42. The molecular weight excluding hydrogens is 250 g/mol. The van der Waals surface area contributed by atoms with Crippen LogP contribution in [0.3, 0.4) is 0 Å². The lowest BCUT2D eigenvalue weighted by Gasteiger charge is -2.02. The fourth-order valence-corrected chi connectivity index (χ4v) is 2.47. The van der Waals surface area contributed by atoms with Gasteiger partial charge in [-0.05, 0) is 24.6 Å². The van der Waals surface area contributed by atoms with E-state index in [0.29, 0.717) is 17.0 Å². The fraction of sp³-hybridized carbons (Fsp3) is 0.231. The Labute approximate surface area is 109 Å². The largest absolute Gasteiger partial charge is 0.497 e. The highest BCUT2D eigenvalue weighted by atomic mass is 32.1. The topological polar surface area (TPSA) is 59.4 Å². The summed E-state index contributed by atoms with van der Waals surface area (Å²) >= 11 is 1.21. The van der Waals surface area contributed by atoms with Gasteiger partial charge in [-0.15, -0.1) is 11.3 Å². The smallest absolute Gasteiger partial charge is 0.347 e. The summed E-state index contributed by atoms with van der Waals surface area (Å²) in [5.74, 6) is -0.129. The molecule has 5 heteroatoms. The highest BCUT2D eigenvalue weighted by molar-refractivity contribution is 7.13. The number of hydrogen-bond acceptors (Lipinski definition) is 4. The summed E-state index contributed by atoms with van der Waals surface area (Å²) < 4.78 is 5.08. The van der Waals surface area contributed by atoms with Gasteiger partial charge in [-0.2, -0.15) is 0 Å². The van der Waals surface area contributed by atoms with Crippen LogP contribution < -0.4 is 4.74 Å². The Bertz CT molecular complexity index is 560. The number of carbonyl (C=O) groups is 1. The first-order chi connectivity index (χ1) is 8.60. The molecule has 1 N–H and O–H groups in total. The van der Waals surface area contributed by atoms with Crippen molar-refractivity contribution in [2.75, 3.05) is 7.11 Å². The quantitative estimate of drug-likeness (QED) is 0.921. The molecule has 0 atom stereocenters. The number of rotatable bonds is 4. The summed E-state index contributed by atoms with van der Waals surface area (Å²) in [7, 11) is 1.61. The molecule has 0 fully saturated rings. The van der Waals surface area contributed by atoms with Gasteiger partial charge < -0.3 is 9.84 Å². The SMILES string of the molecule is COc1ccc(Cc2nc(C)sc2C(=O)O)cc1. The van der Waals surface area contributed by atoms with Gasteiger partial charge in [0.25, 0.3) is 0 Å². The predicted octanol–water partition coefficient (Wildman–Crippen LogP) is 2.75. The van der Waals surface area contributed by atoms with Crippen molar-refractivity contribution >= 4 is 17.3 Å². The van der Waals surface area contributed by atoms with Gasteiger partial charge in [-0.25, -0.2) is 9.78 Å². The van der Waals surface area contributed by atoms with E-state index in [1.165, 1.54) is 11.3 Å². The highest BCUT2D eigenvalue weighted by Gasteiger charge is 2.15. The van der Waals surface area contributed by atoms with E-state index in [4.69, 9.17) is 9.84 Å². The van der Waals surface area contributed by atoms with E-state index in [-0.39, 0.29) is 0 Å². The number of hydrogen-bond donors (Lipinski definition) is 1. The second kappa shape index (κ2) is 5.18. The molecule has 0 radical (unpaired) electrons. The number of aromatic carboxylic acids is 1. The summed E-state index contributed by atoms with van der Waals surface area (Å²) in [6, 6.07) is 7.54. The number of nitrogens with zero attached hydrogens (tertiary/aromatic N) is 1. The van der Waals surface area contributed by atoms with E-state index >= 15 is 0 Å². The average Bonchev–Trinajstić information content (AvgIpc) is 2.71. The summed E-state index contributed by atoms with van der Waals surface area (Å²) in [6.45, 7) is 1.81. The van der Waals surface area contributed by atoms with Crippen LogP contribution in [-0.4, -0.2) is 23.2 Å². The molecule has 2 aromatic rings. The molecule has 94 valence electrons. The molecule has 0 aliphatic rings. The van der Waals surface area contributed by atoms with Gasteiger partial charge in [0.1, 0.15) is 10.6 Å². The van der Waals surface area contributed by atoms with Crippen LogP contribution in [0.5, 0.6) is 5.75 Å². The second-order valence-corrected chi connectivity index (χ2v) is 5.04. The van der Waals surface area contributed by atoms with Crippen LogP contribution in [0.15, 0.2) is 24.3 Å². The van der Waals surface area contributed by atoms with Crippen LogP contribution in [0.2, 0.25) is 0 Å². The molecular formula is C13H13NO3S. The summed E-state index contributed by atoms with van der Waals surface area (Å²) in [5, 5.41) is 9.86. The van der Waals surface area contributed by atoms with Gasteiger partial charge in [0.15, 0.2) is 0 Å². The number of aryl methyl sites for hydroxylation is 1. The molecule has 0 unspecified atom stereocenters. The Hall–Kier alpha value is -1.88. The molecule has 0 saturated heterocycles. The summed E-state index contributed by atoms with van der Waals surface area (Å²) in [6.07, 6.45) is 0.524. The van der Waals surface area contributed by atoms with Gasteiger partial charge in [-0.3, -0.25) is 0 Å². The van der Waals surface area contributed by atoms with Crippen LogP contribution in [0.1, 0.15) is 25.9 Å². The van der Waals surface area contributed by atoms with Crippen molar-refractivity contribution in [2.45, 2.75) is 13.3 Å². The molecule has 4 nitrogen and oxygen atoms in total. The number of aromatic nitrogens is 1. The molecule has 0 amide bonds. The van der Waals surface area contributed by atoms with Crippen molar-refractivity contribution in [3.8, 4) is 5.75 Å². The Morgan fingerprint density at radius 3 is 2.61 bits per heavy atom. The standard InChI is InChI=1S/C13H13NO3S/c1-8-14-11(12(18-8)13(15)16)7-9-3-5-10(17-2)6-4-9/h3-6H,7H2,1-2H3,(H,15,16). The van der Waals surface area contributed by atoms with Gasteiger partial charge in [0.05, 0.1) is 17.8 Å². The number of ether oxygens (including phenoxy) is 1. The molecule has 0 saturated carbocycles. The van der Waals surface area contributed by atoms with Gasteiger partial charge in [-0.1, -0.05) is 12.1 Å². The fourth-order valence-electron chi connectivity index (χ4n) is 1.69. The Kier molecular flexibility index (Phi) is 3.62. The molecule has 0 spiro atoms. The first-order valence-corrected chi connectivity index (χ1v) is 6.24. The molecule has 2 rings (SSSR count). The number of carboxylic acids is 1. The van der Waals surface area contributed by atoms with Gasteiger partial charge >= 0.3 is 5.97 Å². The van der Waals surface area contributed by atoms with E-state index in [0.717, 1.165) is 16.3 Å². The third-order valence-corrected chi connectivity index (χ3v) is 3.53. The summed E-state index contributed by atoms with van der Waals surface area (Å²) in [5.41, 5.74) is 1.64. The monoisotopic (exact) mass is 263 g/mol. The minimum absolute atomic E-state index is 0.323. The zero-order valence-electron chi connectivity index (χ0n) is 10.1. The van der Waals surface area contributed by atoms with Crippen molar-refractivity contribution in [1.82, 2.24) is 4.98 Å². The Morgan fingerprint density at radius 2 is 2.06 bits per heavy atom. The van der Waals surface area contributed by atoms with E-state index < -0.39 is 5.97 Å². The van der Waals surface area contributed by atoms with E-state index in [2.05, 4.69) is 4.98 Å². The third-order valence-electron chi connectivity index (χ3n) is 2.53. The Morgan fingerprint density at radius 1 is 1.39 bits per heavy atom. The Balaban J connectivity index is 2.25. The van der Waals surface area contributed by atoms with E-state index in [9.17, 15) is 4.79 Å². The zero-order valence-corrected chi connectivity index (χ0v) is 11.0. The first kappa shape index (κ1) is 12.6.